The normalized spacial score (nSPS) is 17.5. The van der Waals surface area contributed by atoms with Crippen LogP contribution in [0.15, 0.2) is 54.0 Å². The van der Waals surface area contributed by atoms with Crippen molar-refractivity contribution in [2.24, 2.45) is 16.8 Å². The van der Waals surface area contributed by atoms with E-state index < -0.39 is 11.8 Å². The van der Waals surface area contributed by atoms with Crippen LogP contribution in [0.3, 0.4) is 0 Å². The molecule has 0 heterocycles. The van der Waals surface area contributed by atoms with Gasteiger partial charge in [-0.05, 0) is 59.9 Å². The zero-order valence-electron chi connectivity index (χ0n) is 22.4. The number of carbonyl (C=O) groups excluding carboxylic acids is 2. The van der Waals surface area contributed by atoms with Gasteiger partial charge in [-0.3, -0.25) is 9.59 Å². The maximum Gasteiger partial charge on any atom is 0.248 e. The molecule has 0 spiro atoms. The summed E-state index contributed by atoms with van der Waals surface area (Å²) in [5.41, 5.74) is 4.24. The Morgan fingerprint density at radius 3 is 2.36 bits per heavy atom. The molecule has 5 nitrogen and oxygen atoms in total. The van der Waals surface area contributed by atoms with E-state index in [1.165, 1.54) is 31.7 Å². The van der Waals surface area contributed by atoms with Crippen LogP contribution < -0.4 is 10.6 Å². The fourth-order valence-corrected chi connectivity index (χ4v) is 5.06. The van der Waals surface area contributed by atoms with Gasteiger partial charge in [0.15, 0.2) is 0 Å². The molecule has 2 aromatic rings. The number of halogens is 3. The Morgan fingerprint density at radius 1 is 1.05 bits per heavy atom. The van der Waals surface area contributed by atoms with Gasteiger partial charge in [0.25, 0.3) is 0 Å². The maximum absolute atomic E-state index is 13.4. The van der Waals surface area contributed by atoms with E-state index in [4.69, 9.17) is 11.6 Å². The van der Waals surface area contributed by atoms with Gasteiger partial charge < -0.3 is 10.6 Å². The van der Waals surface area contributed by atoms with E-state index >= 15 is 0 Å². The first kappa shape index (κ1) is 28.9. The van der Waals surface area contributed by atoms with E-state index in [2.05, 4.69) is 34.3 Å². The van der Waals surface area contributed by atoms with Crippen molar-refractivity contribution >= 4 is 34.9 Å². The van der Waals surface area contributed by atoms with Gasteiger partial charge in [0, 0.05) is 43.7 Å². The van der Waals surface area contributed by atoms with Crippen LogP contribution in [0.25, 0.3) is 5.70 Å². The quantitative estimate of drug-likeness (QED) is 0.248. The lowest BCUT2D eigenvalue weighted by Gasteiger charge is -2.27. The number of alkyl halides is 2. The number of amidine groups is 1. The molecule has 2 fully saturated rings. The summed E-state index contributed by atoms with van der Waals surface area (Å²) in [4.78, 5) is 29.0. The van der Waals surface area contributed by atoms with Crippen molar-refractivity contribution in [2.75, 3.05) is 0 Å². The van der Waals surface area contributed by atoms with Crippen molar-refractivity contribution in [1.82, 2.24) is 10.6 Å². The standard InChI is InChI=1S/C31H36ClF2N3O2/c1-20(25-10-7-23(8-11-25)6-5-22-3-4-22)36-29(37-21(2)38)18-27-17-24(9-12-28(27)32)19-35-30(39)26-13-15-31(33,34)16-14-26/h7-12,17,22,26H,1,3-6,13-16,18-19H2,2H3,(H,35,39)(H,36,37,38). The number of benzene rings is 2. The molecule has 0 saturated heterocycles. The molecule has 4 rings (SSSR count). The van der Waals surface area contributed by atoms with Crippen LogP contribution in [-0.4, -0.2) is 23.6 Å². The van der Waals surface area contributed by atoms with E-state index in [1.807, 2.05) is 18.2 Å². The third-order valence-corrected chi connectivity index (χ3v) is 7.81. The van der Waals surface area contributed by atoms with Crippen molar-refractivity contribution < 1.29 is 18.4 Å². The van der Waals surface area contributed by atoms with Crippen LogP contribution in [0.1, 0.15) is 74.1 Å². The highest BCUT2D eigenvalue weighted by molar-refractivity contribution is 6.31. The van der Waals surface area contributed by atoms with Crippen LogP contribution in [-0.2, 0) is 29.0 Å². The van der Waals surface area contributed by atoms with Gasteiger partial charge in [-0.25, -0.2) is 13.8 Å². The Bertz CT molecular complexity index is 1230. The zero-order valence-corrected chi connectivity index (χ0v) is 23.1. The number of rotatable bonds is 10. The SMILES string of the molecule is C=C(/N=C(/Cc1cc(CNC(=O)C2CCC(F)(F)CC2)ccc1Cl)NC(C)=O)c1ccc(CCC2CC2)cc1. The minimum absolute atomic E-state index is 0.189. The van der Waals surface area contributed by atoms with Gasteiger partial charge in [-0.2, -0.15) is 0 Å². The molecule has 8 heteroatoms. The fraction of sp³-hybridized carbons (Fsp3) is 0.452. The second-order valence-corrected chi connectivity index (χ2v) is 11.2. The lowest BCUT2D eigenvalue weighted by atomic mass is 9.86. The number of nitrogens with one attached hydrogen (secondary N) is 2. The molecule has 39 heavy (non-hydrogen) atoms. The lowest BCUT2D eigenvalue weighted by Crippen LogP contribution is -2.35. The highest BCUT2D eigenvalue weighted by atomic mass is 35.5. The monoisotopic (exact) mass is 555 g/mol. The van der Waals surface area contributed by atoms with Crippen LogP contribution in [0.5, 0.6) is 0 Å². The highest BCUT2D eigenvalue weighted by Crippen LogP contribution is 2.36. The predicted octanol–water partition coefficient (Wildman–Crippen LogP) is 6.87. The summed E-state index contributed by atoms with van der Waals surface area (Å²) in [7, 11) is 0. The average Bonchev–Trinajstić information content (AvgIpc) is 3.72. The third-order valence-electron chi connectivity index (χ3n) is 7.44. The zero-order chi connectivity index (χ0) is 28.0. The summed E-state index contributed by atoms with van der Waals surface area (Å²) in [5.74, 6) is -2.23. The van der Waals surface area contributed by atoms with Crippen LogP contribution >= 0.6 is 11.6 Å². The molecule has 2 aliphatic rings. The van der Waals surface area contributed by atoms with Gasteiger partial charge in [-0.1, -0.05) is 67.4 Å². The molecule has 0 unspecified atom stereocenters. The summed E-state index contributed by atoms with van der Waals surface area (Å²) < 4.78 is 26.8. The predicted molar refractivity (Wildman–Crippen MR) is 152 cm³/mol. The van der Waals surface area contributed by atoms with Crippen LogP contribution in [0.2, 0.25) is 5.02 Å². The summed E-state index contributed by atoms with van der Waals surface area (Å²) in [6.45, 7) is 5.77. The third kappa shape index (κ3) is 8.99. The Morgan fingerprint density at radius 2 is 1.72 bits per heavy atom. The summed E-state index contributed by atoms with van der Waals surface area (Å²) in [6, 6.07) is 13.6. The van der Waals surface area contributed by atoms with E-state index in [0.717, 1.165) is 29.0 Å². The Kier molecular flexibility index (Phi) is 9.54. The first-order valence-corrected chi connectivity index (χ1v) is 14.0. The molecule has 0 atom stereocenters. The lowest BCUT2D eigenvalue weighted by molar-refractivity contribution is -0.129. The van der Waals surface area contributed by atoms with Gasteiger partial charge >= 0.3 is 0 Å². The van der Waals surface area contributed by atoms with Crippen molar-refractivity contribution in [1.29, 1.82) is 0 Å². The van der Waals surface area contributed by atoms with Crippen molar-refractivity contribution in [3.63, 3.8) is 0 Å². The van der Waals surface area contributed by atoms with Crippen LogP contribution in [0, 0.1) is 11.8 Å². The van der Waals surface area contributed by atoms with Crippen molar-refractivity contribution in [2.45, 2.75) is 77.2 Å². The first-order chi connectivity index (χ1) is 18.6. The van der Waals surface area contributed by atoms with Crippen molar-refractivity contribution in [3.8, 4) is 0 Å². The molecule has 2 saturated carbocycles. The molecule has 2 aliphatic carbocycles. The van der Waals surface area contributed by atoms with Crippen LogP contribution in [0.4, 0.5) is 8.78 Å². The fourth-order valence-electron chi connectivity index (χ4n) is 4.87. The second kappa shape index (κ2) is 12.9. The van der Waals surface area contributed by atoms with E-state index in [0.29, 0.717) is 16.6 Å². The molecule has 208 valence electrons. The molecule has 2 N–H and O–H groups in total. The van der Waals surface area contributed by atoms with E-state index in [-0.39, 0.29) is 50.5 Å². The van der Waals surface area contributed by atoms with Crippen molar-refractivity contribution in [3.05, 3.63) is 76.3 Å². The number of hydrogen-bond donors (Lipinski definition) is 2. The summed E-state index contributed by atoms with van der Waals surface area (Å²) >= 11 is 6.47. The van der Waals surface area contributed by atoms with Gasteiger partial charge in [-0.15, -0.1) is 0 Å². The Balaban J connectivity index is 1.39. The second-order valence-electron chi connectivity index (χ2n) is 10.8. The highest BCUT2D eigenvalue weighted by Gasteiger charge is 2.37. The first-order valence-electron chi connectivity index (χ1n) is 13.6. The number of carbonyl (C=O) groups is 2. The average molecular weight is 556 g/mol. The maximum atomic E-state index is 13.4. The molecule has 0 aliphatic heterocycles. The minimum atomic E-state index is -2.67. The number of aliphatic imine (C=N–C) groups is 1. The van der Waals surface area contributed by atoms with Gasteiger partial charge in [0.1, 0.15) is 5.84 Å². The van der Waals surface area contributed by atoms with Gasteiger partial charge in [0.05, 0.1) is 5.70 Å². The molecular weight excluding hydrogens is 520 g/mol. The largest absolute Gasteiger partial charge is 0.352 e. The summed E-state index contributed by atoms with van der Waals surface area (Å²) in [6.07, 6.45) is 5.13. The molecule has 0 bridgehead atoms. The topological polar surface area (TPSA) is 70.6 Å². The number of nitrogens with zero attached hydrogens (tertiary/aromatic N) is 1. The molecule has 0 radical (unpaired) electrons. The Hall–Kier alpha value is -3.06. The molecule has 0 aromatic heterocycles. The molecule has 2 amide bonds. The van der Waals surface area contributed by atoms with E-state index in [1.54, 1.807) is 12.1 Å². The number of amides is 2. The van der Waals surface area contributed by atoms with E-state index in [9.17, 15) is 18.4 Å². The summed E-state index contributed by atoms with van der Waals surface area (Å²) in [5, 5.41) is 6.15. The molecular formula is C31H36ClF2N3O2. The number of aryl methyl sites for hydroxylation is 1. The smallest absolute Gasteiger partial charge is 0.248 e. The Labute approximate surface area is 234 Å². The number of hydrogen-bond acceptors (Lipinski definition) is 3. The van der Waals surface area contributed by atoms with Gasteiger partial charge in [0.2, 0.25) is 17.7 Å². The molecule has 2 aromatic carbocycles. The minimum Gasteiger partial charge on any atom is -0.352 e.